The summed E-state index contributed by atoms with van der Waals surface area (Å²) in [5.41, 5.74) is 1.33. The first-order valence-corrected chi connectivity index (χ1v) is 4.86. The van der Waals surface area contributed by atoms with E-state index >= 15 is 0 Å². The van der Waals surface area contributed by atoms with Crippen LogP contribution in [0.1, 0.15) is 19.4 Å². The second-order valence-corrected chi connectivity index (χ2v) is 3.09. The summed E-state index contributed by atoms with van der Waals surface area (Å²) in [6, 6.07) is 10.3. The lowest BCUT2D eigenvalue weighted by atomic mass is 10.2. The third-order valence-corrected chi connectivity index (χ3v) is 1.64. The summed E-state index contributed by atoms with van der Waals surface area (Å²) in [6.07, 6.45) is 0. The molecule has 0 saturated heterocycles. The van der Waals surface area contributed by atoms with Crippen LogP contribution in [0.15, 0.2) is 30.3 Å². The van der Waals surface area contributed by atoms with Crippen LogP contribution in [0.5, 0.6) is 0 Å². The van der Waals surface area contributed by atoms with Gasteiger partial charge in [0.05, 0.1) is 0 Å². The highest BCUT2D eigenvalue weighted by molar-refractivity contribution is 9.08. The van der Waals surface area contributed by atoms with Gasteiger partial charge in [0.15, 0.2) is 0 Å². The topological polar surface area (TPSA) is 17.1 Å². The van der Waals surface area contributed by atoms with Crippen molar-refractivity contribution in [2.75, 3.05) is 0 Å². The molecular formula is C10H13BrO. The lowest BCUT2D eigenvalue weighted by molar-refractivity contribution is -0.114. The fraction of sp³-hybridized carbons (Fsp3) is 0.300. The van der Waals surface area contributed by atoms with Gasteiger partial charge in [-0.15, -0.1) is 0 Å². The van der Waals surface area contributed by atoms with Crippen LogP contribution >= 0.6 is 15.9 Å². The van der Waals surface area contributed by atoms with Crippen molar-refractivity contribution in [2.24, 2.45) is 0 Å². The number of hydrogen-bond donors (Lipinski definition) is 0. The molecule has 1 aromatic carbocycles. The van der Waals surface area contributed by atoms with Gasteiger partial charge in [-0.05, 0) is 19.4 Å². The monoisotopic (exact) mass is 228 g/mol. The Morgan fingerprint density at radius 1 is 1.25 bits per heavy atom. The molecule has 0 spiro atoms. The summed E-state index contributed by atoms with van der Waals surface area (Å²) >= 11 is 3.36. The Bertz CT molecular complexity index is 215. The maximum absolute atomic E-state index is 9.44. The minimum absolute atomic E-state index is 0.167. The van der Waals surface area contributed by atoms with Gasteiger partial charge in [0.25, 0.3) is 0 Å². The van der Waals surface area contributed by atoms with Crippen molar-refractivity contribution in [3.8, 4) is 0 Å². The molecule has 0 bridgehead atoms. The second-order valence-electron chi connectivity index (χ2n) is 2.53. The average molecular weight is 229 g/mol. The molecule has 0 aliphatic heterocycles. The van der Waals surface area contributed by atoms with Crippen molar-refractivity contribution >= 4 is 21.7 Å². The Labute approximate surface area is 81.9 Å². The van der Waals surface area contributed by atoms with Crippen molar-refractivity contribution in [3.63, 3.8) is 0 Å². The smallest absolute Gasteiger partial charge is 0.126 e. The number of Topliss-reactive ketones (excluding diaryl/α,β-unsaturated/α-hetero) is 1. The minimum atomic E-state index is 0.167. The van der Waals surface area contributed by atoms with Crippen LogP contribution in [-0.4, -0.2) is 5.78 Å². The molecule has 0 fully saturated rings. The van der Waals surface area contributed by atoms with Gasteiger partial charge in [0.2, 0.25) is 0 Å². The molecule has 0 heterocycles. The van der Waals surface area contributed by atoms with Crippen molar-refractivity contribution in [1.29, 1.82) is 0 Å². The maximum atomic E-state index is 9.44. The quantitative estimate of drug-likeness (QED) is 0.676. The zero-order chi connectivity index (χ0) is 9.40. The molecule has 0 aliphatic carbocycles. The van der Waals surface area contributed by atoms with E-state index in [-0.39, 0.29) is 5.78 Å². The fourth-order valence-electron chi connectivity index (χ4n) is 0.567. The summed E-state index contributed by atoms with van der Waals surface area (Å²) in [5, 5.41) is 0.952. The largest absolute Gasteiger partial charge is 0.300 e. The molecule has 1 rings (SSSR count). The highest BCUT2D eigenvalue weighted by atomic mass is 79.9. The van der Waals surface area contributed by atoms with Crippen LogP contribution in [0.2, 0.25) is 0 Å². The van der Waals surface area contributed by atoms with Crippen molar-refractivity contribution in [1.82, 2.24) is 0 Å². The van der Waals surface area contributed by atoms with E-state index in [1.807, 2.05) is 18.2 Å². The van der Waals surface area contributed by atoms with E-state index in [4.69, 9.17) is 0 Å². The van der Waals surface area contributed by atoms with E-state index in [9.17, 15) is 4.79 Å². The highest BCUT2D eigenvalue weighted by Crippen LogP contribution is 2.02. The maximum Gasteiger partial charge on any atom is 0.126 e. The number of hydrogen-bond acceptors (Lipinski definition) is 1. The molecule has 66 valence electrons. The Hall–Kier alpha value is -0.630. The number of benzene rings is 1. The molecule has 1 nitrogen and oxygen atoms in total. The van der Waals surface area contributed by atoms with Gasteiger partial charge in [0, 0.05) is 5.33 Å². The zero-order valence-electron chi connectivity index (χ0n) is 7.38. The second kappa shape index (κ2) is 7.04. The Morgan fingerprint density at radius 2 is 1.67 bits per heavy atom. The predicted octanol–water partition coefficient (Wildman–Crippen LogP) is 3.18. The van der Waals surface area contributed by atoms with Crippen LogP contribution in [-0.2, 0) is 10.1 Å². The van der Waals surface area contributed by atoms with Crippen LogP contribution in [0, 0.1) is 0 Å². The molecule has 0 saturated carbocycles. The number of carbonyl (C=O) groups excluding carboxylic acids is 1. The van der Waals surface area contributed by atoms with E-state index in [0.717, 1.165) is 5.33 Å². The van der Waals surface area contributed by atoms with E-state index in [2.05, 4.69) is 28.1 Å². The number of carbonyl (C=O) groups is 1. The molecular weight excluding hydrogens is 216 g/mol. The summed E-state index contributed by atoms with van der Waals surface area (Å²) in [4.78, 5) is 9.44. The van der Waals surface area contributed by atoms with Gasteiger partial charge < -0.3 is 4.79 Å². The van der Waals surface area contributed by atoms with Gasteiger partial charge in [-0.25, -0.2) is 0 Å². The normalized spacial score (nSPS) is 8.25. The number of ketones is 1. The van der Waals surface area contributed by atoms with Gasteiger partial charge in [-0.1, -0.05) is 46.3 Å². The van der Waals surface area contributed by atoms with Gasteiger partial charge in [-0.2, -0.15) is 0 Å². The SMILES string of the molecule is BrCc1ccccc1.CC(C)=O. The van der Waals surface area contributed by atoms with Crippen molar-refractivity contribution in [3.05, 3.63) is 35.9 Å². The van der Waals surface area contributed by atoms with Crippen molar-refractivity contribution < 1.29 is 4.79 Å². The predicted molar refractivity (Wildman–Crippen MR) is 55.4 cm³/mol. The van der Waals surface area contributed by atoms with E-state index in [1.54, 1.807) is 0 Å². The zero-order valence-corrected chi connectivity index (χ0v) is 8.97. The molecule has 12 heavy (non-hydrogen) atoms. The minimum Gasteiger partial charge on any atom is -0.300 e. The van der Waals surface area contributed by atoms with Gasteiger partial charge in [-0.3, -0.25) is 0 Å². The lowest BCUT2D eigenvalue weighted by Crippen LogP contribution is -1.70. The lowest BCUT2D eigenvalue weighted by Gasteiger charge is -1.88. The number of alkyl halides is 1. The Balaban J connectivity index is 0.000000261. The molecule has 0 N–H and O–H groups in total. The Morgan fingerprint density at radius 3 is 1.92 bits per heavy atom. The highest BCUT2D eigenvalue weighted by Gasteiger charge is 1.81. The van der Waals surface area contributed by atoms with Crippen LogP contribution in [0.3, 0.4) is 0 Å². The molecule has 0 aromatic heterocycles. The van der Waals surface area contributed by atoms with Crippen LogP contribution < -0.4 is 0 Å². The first-order chi connectivity index (χ1) is 5.66. The van der Waals surface area contributed by atoms with Crippen molar-refractivity contribution in [2.45, 2.75) is 19.2 Å². The first-order valence-electron chi connectivity index (χ1n) is 3.74. The number of halogens is 1. The van der Waals surface area contributed by atoms with Crippen LogP contribution in [0.4, 0.5) is 0 Å². The standard InChI is InChI=1S/C7H7Br.C3H6O/c8-6-7-4-2-1-3-5-7;1-3(2)4/h1-5H,6H2;1-2H3. The molecule has 0 atom stereocenters. The van der Waals surface area contributed by atoms with E-state index in [0.29, 0.717) is 0 Å². The third-order valence-electron chi connectivity index (χ3n) is 0.997. The summed E-state index contributed by atoms with van der Waals surface area (Å²) in [5.74, 6) is 0.167. The molecule has 0 unspecified atom stereocenters. The Kier molecular flexibility index (Phi) is 6.67. The molecule has 1 aromatic rings. The van der Waals surface area contributed by atoms with E-state index < -0.39 is 0 Å². The molecule has 0 radical (unpaired) electrons. The van der Waals surface area contributed by atoms with E-state index in [1.165, 1.54) is 19.4 Å². The van der Waals surface area contributed by atoms with Gasteiger partial charge >= 0.3 is 0 Å². The summed E-state index contributed by atoms with van der Waals surface area (Å²) in [7, 11) is 0. The average Bonchev–Trinajstić information content (AvgIpc) is 2.05. The fourth-order valence-corrected chi connectivity index (χ4v) is 0.941. The first kappa shape index (κ1) is 11.4. The molecule has 0 aliphatic rings. The summed E-state index contributed by atoms with van der Waals surface area (Å²) in [6.45, 7) is 3.06. The number of rotatable bonds is 1. The molecule has 2 heteroatoms. The third kappa shape index (κ3) is 7.48. The molecule has 0 amide bonds. The summed E-state index contributed by atoms with van der Waals surface area (Å²) < 4.78 is 0. The van der Waals surface area contributed by atoms with Crippen LogP contribution in [0.25, 0.3) is 0 Å². The van der Waals surface area contributed by atoms with Gasteiger partial charge in [0.1, 0.15) is 5.78 Å².